The van der Waals surface area contributed by atoms with E-state index in [2.05, 4.69) is 22.6 Å². The molecule has 0 radical (unpaired) electrons. The first-order chi connectivity index (χ1) is 4.61. The van der Waals surface area contributed by atoms with Crippen molar-refractivity contribution in [2.45, 2.75) is 11.9 Å². The van der Waals surface area contributed by atoms with E-state index in [0.717, 1.165) is 0 Å². The zero-order chi connectivity index (χ0) is 7.72. The average molecular weight is 156 g/mol. The van der Waals surface area contributed by atoms with Crippen molar-refractivity contribution >= 4 is 24.1 Å². The van der Waals surface area contributed by atoms with E-state index >= 15 is 0 Å². The molecule has 0 bridgehead atoms. The topological polar surface area (TPSA) is 77.8 Å². The molecule has 10 heavy (non-hydrogen) atoms. The molecule has 0 atom stereocenters. The lowest BCUT2D eigenvalue weighted by Crippen LogP contribution is -2.02. The summed E-state index contributed by atoms with van der Waals surface area (Å²) in [5, 5.41) is 0.435. The first-order valence-electron chi connectivity index (χ1n) is 2.70. The lowest BCUT2D eigenvalue weighted by Gasteiger charge is -2.01. The summed E-state index contributed by atoms with van der Waals surface area (Å²) in [4.78, 5) is 7.71. The van der Waals surface area contributed by atoms with Gasteiger partial charge in [-0.05, 0) is 6.92 Å². The Morgan fingerprint density at radius 3 is 2.40 bits per heavy atom. The maximum absolute atomic E-state index is 5.42. The molecule has 4 N–H and O–H groups in total. The van der Waals surface area contributed by atoms with E-state index in [9.17, 15) is 0 Å². The van der Waals surface area contributed by atoms with Gasteiger partial charge < -0.3 is 11.5 Å². The third-order valence-electron chi connectivity index (χ3n) is 1.07. The van der Waals surface area contributed by atoms with Crippen LogP contribution in [0.2, 0.25) is 0 Å². The molecule has 0 unspecified atom stereocenters. The fourth-order valence-electron chi connectivity index (χ4n) is 0.588. The molecule has 0 amide bonds. The quantitative estimate of drug-likeness (QED) is 0.371. The van der Waals surface area contributed by atoms with Gasteiger partial charge >= 0.3 is 0 Å². The number of aryl methyl sites for hydroxylation is 1. The molecule has 0 aliphatic rings. The molecule has 0 aliphatic heterocycles. The van der Waals surface area contributed by atoms with Crippen LogP contribution in [0.5, 0.6) is 0 Å². The van der Waals surface area contributed by atoms with Gasteiger partial charge in [0.25, 0.3) is 0 Å². The highest BCUT2D eigenvalue weighted by Gasteiger charge is 2.01. The number of aromatic nitrogens is 2. The van der Waals surface area contributed by atoms with Gasteiger partial charge in [0.2, 0.25) is 0 Å². The van der Waals surface area contributed by atoms with Gasteiger partial charge in [0.05, 0.1) is 0 Å². The number of hydrogen-bond acceptors (Lipinski definition) is 5. The molecule has 0 aliphatic carbocycles. The number of hydrogen-bond donors (Lipinski definition) is 3. The van der Waals surface area contributed by atoms with Crippen molar-refractivity contribution in [3.05, 3.63) is 5.82 Å². The SMILES string of the molecule is Cc1nc(N)c(N)c(S)n1. The lowest BCUT2D eigenvalue weighted by molar-refractivity contribution is 0.986. The van der Waals surface area contributed by atoms with Gasteiger partial charge in [-0.3, -0.25) is 0 Å². The molecule has 0 saturated carbocycles. The Morgan fingerprint density at radius 2 is 1.90 bits per heavy atom. The fourth-order valence-corrected chi connectivity index (χ4v) is 0.847. The fraction of sp³-hybridized carbons (Fsp3) is 0.200. The zero-order valence-electron chi connectivity index (χ0n) is 5.50. The van der Waals surface area contributed by atoms with E-state index in [1.165, 1.54) is 0 Å². The highest BCUT2D eigenvalue weighted by Crippen LogP contribution is 2.18. The standard InChI is InChI=1S/C5H8N4S/c1-2-8-4(7)3(6)5(10)9-2/h6H2,1H3,(H3,7,8,9,10). The molecule has 1 aromatic rings. The second-order valence-corrected chi connectivity index (χ2v) is 2.32. The lowest BCUT2D eigenvalue weighted by atomic mass is 10.5. The van der Waals surface area contributed by atoms with Crippen molar-refractivity contribution in [2.24, 2.45) is 0 Å². The number of nitrogens with two attached hydrogens (primary N) is 2. The first kappa shape index (κ1) is 7.14. The Kier molecular flexibility index (Phi) is 1.67. The van der Waals surface area contributed by atoms with Crippen molar-refractivity contribution in [1.82, 2.24) is 9.97 Å². The largest absolute Gasteiger partial charge is 0.394 e. The van der Waals surface area contributed by atoms with Gasteiger partial charge in [-0.2, -0.15) is 0 Å². The van der Waals surface area contributed by atoms with Crippen LogP contribution in [-0.4, -0.2) is 9.97 Å². The van der Waals surface area contributed by atoms with Crippen LogP contribution in [0.1, 0.15) is 5.82 Å². The molecule has 54 valence electrons. The Hall–Kier alpha value is -0.970. The van der Waals surface area contributed by atoms with Crippen molar-refractivity contribution in [3.63, 3.8) is 0 Å². The van der Waals surface area contributed by atoms with Crippen LogP contribution in [0.4, 0.5) is 11.5 Å². The summed E-state index contributed by atoms with van der Waals surface area (Å²) in [6.07, 6.45) is 0. The third kappa shape index (κ3) is 1.13. The Labute approximate surface area is 64.1 Å². The van der Waals surface area contributed by atoms with Crippen LogP contribution in [0.3, 0.4) is 0 Å². The number of nitrogens with zero attached hydrogens (tertiary/aromatic N) is 2. The summed E-state index contributed by atoms with van der Waals surface area (Å²) >= 11 is 3.98. The maximum Gasteiger partial charge on any atom is 0.151 e. The zero-order valence-corrected chi connectivity index (χ0v) is 6.39. The maximum atomic E-state index is 5.42. The summed E-state index contributed by atoms with van der Waals surface area (Å²) in [6, 6.07) is 0. The minimum atomic E-state index is 0.289. The summed E-state index contributed by atoms with van der Waals surface area (Å²) < 4.78 is 0. The molecular weight excluding hydrogens is 148 g/mol. The number of anilines is 2. The summed E-state index contributed by atoms with van der Waals surface area (Å²) in [7, 11) is 0. The van der Waals surface area contributed by atoms with Crippen LogP contribution in [0.15, 0.2) is 5.03 Å². The minimum Gasteiger partial charge on any atom is -0.394 e. The molecular formula is C5H8N4S. The molecule has 5 heteroatoms. The predicted octanol–water partition coefficient (Wildman–Crippen LogP) is 0.238. The predicted molar refractivity (Wildman–Crippen MR) is 42.8 cm³/mol. The van der Waals surface area contributed by atoms with Crippen molar-refractivity contribution in [3.8, 4) is 0 Å². The Bertz CT molecular complexity index is 237. The summed E-state index contributed by atoms with van der Waals surface area (Å²) in [5.74, 6) is 0.870. The highest BCUT2D eigenvalue weighted by atomic mass is 32.1. The van der Waals surface area contributed by atoms with Gasteiger partial charge in [-0.25, -0.2) is 9.97 Å². The monoisotopic (exact) mass is 156 g/mol. The number of rotatable bonds is 0. The molecule has 1 rings (SSSR count). The van der Waals surface area contributed by atoms with Gasteiger partial charge in [0.15, 0.2) is 5.82 Å². The summed E-state index contributed by atoms with van der Waals surface area (Å²) in [6.45, 7) is 1.73. The van der Waals surface area contributed by atoms with Gasteiger partial charge in [0.1, 0.15) is 16.5 Å². The second-order valence-electron chi connectivity index (χ2n) is 1.89. The Morgan fingerprint density at radius 1 is 1.30 bits per heavy atom. The number of nitrogen functional groups attached to an aromatic ring is 2. The molecule has 1 aromatic heterocycles. The molecule has 0 saturated heterocycles. The van der Waals surface area contributed by atoms with Gasteiger partial charge in [-0.15, -0.1) is 12.6 Å². The summed E-state index contributed by atoms with van der Waals surface area (Å²) in [5.41, 5.74) is 11.2. The van der Waals surface area contributed by atoms with E-state index in [0.29, 0.717) is 16.5 Å². The molecule has 1 heterocycles. The van der Waals surface area contributed by atoms with Crippen LogP contribution >= 0.6 is 12.6 Å². The van der Waals surface area contributed by atoms with Gasteiger partial charge in [0, 0.05) is 0 Å². The molecule has 4 nitrogen and oxygen atoms in total. The smallest absolute Gasteiger partial charge is 0.151 e. The van der Waals surface area contributed by atoms with Crippen molar-refractivity contribution in [2.75, 3.05) is 11.5 Å². The molecule has 0 spiro atoms. The normalized spacial score (nSPS) is 9.80. The van der Waals surface area contributed by atoms with Crippen LogP contribution < -0.4 is 11.5 Å². The van der Waals surface area contributed by atoms with E-state index in [1.807, 2.05) is 0 Å². The second kappa shape index (κ2) is 2.34. The van der Waals surface area contributed by atoms with Crippen LogP contribution in [0, 0.1) is 6.92 Å². The highest BCUT2D eigenvalue weighted by molar-refractivity contribution is 7.80. The first-order valence-corrected chi connectivity index (χ1v) is 3.14. The average Bonchev–Trinajstić information content (AvgIpc) is 1.82. The van der Waals surface area contributed by atoms with Crippen molar-refractivity contribution in [1.29, 1.82) is 0 Å². The molecule has 0 fully saturated rings. The van der Waals surface area contributed by atoms with E-state index in [1.54, 1.807) is 6.92 Å². The third-order valence-corrected chi connectivity index (χ3v) is 1.41. The number of thiol groups is 1. The van der Waals surface area contributed by atoms with Gasteiger partial charge in [-0.1, -0.05) is 0 Å². The Balaban J connectivity index is 3.31. The van der Waals surface area contributed by atoms with Crippen LogP contribution in [0.25, 0.3) is 0 Å². The van der Waals surface area contributed by atoms with E-state index < -0.39 is 0 Å². The van der Waals surface area contributed by atoms with E-state index in [-0.39, 0.29) is 5.82 Å². The van der Waals surface area contributed by atoms with Crippen molar-refractivity contribution < 1.29 is 0 Å². The molecule has 0 aromatic carbocycles. The van der Waals surface area contributed by atoms with E-state index in [4.69, 9.17) is 11.5 Å². The van der Waals surface area contributed by atoms with Crippen LogP contribution in [-0.2, 0) is 0 Å². The minimum absolute atomic E-state index is 0.289.